The van der Waals surface area contributed by atoms with E-state index in [2.05, 4.69) is 38.0 Å². The number of carbonyl (C=O) groups excluding carboxylic acids is 1. The van der Waals surface area contributed by atoms with Crippen molar-refractivity contribution < 1.29 is 4.79 Å². The zero-order chi connectivity index (χ0) is 20.2. The Morgan fingerprint density at radius 1 is 1.13 bits per heavy atom. The van der Waals surface area contributed by atoms with Crippen molar-refractivity contribution in [2.45, 2.75) is 32.9 Å². The van der Waals surface area contributed by atoms with E-state index in [1.807, 2.05) is 47.5 Å². The Labute approximate surface area is 193 Å². The quantitative estimate of drug-likeness (QED) is 0.309. The maximum atomic E-state index is 11.9. The SMILES string of the molecule is CN=C(NCc1ccc(N2CCCC2=O)cc1)NCc1cn2c(C)cccc2n1.I. The number of carbonyl (C=O) groups is 1. The molecule has 0 bridgehead atoms. The Morgan fingerprint density at radius 2 is 1.90 bits per heavy atom. The maximum Gasteiger partial charge on any atom is 0.227 e. The second kappa shape index (κ2) is 9.92. The number of aliphatic imine (C=N–C) groups is 1. The molecule has 3 aromatic rings. The topological polar surface area (TPSA) is 74.0 Å². The molecule has 1 aliphatic heterocycles. The molecule has 4 rings (SSSR count). The number of amides is 1. The fraction of sp³-hybridized carbons (Fsp3) is 0.318. The zero-order valence-corrected chi connectivity index (χ0v) is 19.6. The van der Waals surface area contributed by atoms with Crippen molar-refractivity contribution in [3.05, 3.63) is 65.6 Å². The van der Waals surface area contributed by atoms with Crippen LogP contribution in [-0.2, 0) is 17.9 Å². The van der Waals surface area contributed by atoms with E-state index in [-0.39, 0.29) is 29.9 Å². The van der Waals surface area contributed by atoms with Gasteiger partial charge in [0.15, 0.2) is 5.96 Å². The molecule has 30 heavy (non-hydrogen) atoms. The molecule has 0 spiro atoms. The normalized spacial score (nSPS) is 14.1. The minimum atomic E-state index is 0. The first-order valence-electron chi connectivity index (χ1n) is 9.91. The van der Waals surface area contributed by atoms with Gasteiger partial charge in [-0.25, -0.2) is 4.98 Å². The van der Waals surface area contributed by atoms with E-state index < -0.39 is 0 Å². The van der Waals surface area contributed by atoms with Crippen LogP contribution in [0, 0.1) is 6.92 Å². The van der Waals surface area contributed by atoms with Crippen LogP contribution < -0.4 is 15.5 Å². The van der Waals surface area contributed by atoms with Crippen molar-refractivity contribution in [2.75, 3.05) is 18.5 Å². The van der Waals surface area contributed by atoms with Gasteiger partial charge in [-0.3, -0.25) is 9.79 Å². The zero-order valence-electron chi connectivity index (χ0n) is 17.3. The molecule has 0 aliphatic carbocycles. The van der Waals surface area contributed by atoms with Crippen LogP contribution in [0.15, 0.2) is 53.7 Å². The molecular weight excluding hydrogens is 491 g/mol. The number of aryl methyl sites for hydroxylation is 1. The van der Waals surface area contributed by atoms with Crippen molar-refractivity contribution in [1.82, 2.24) is 20.0 Å². The fourth-order valence-corrected chi connectivity index (χ4v) is 3.58. The maximum absolute atomic E-state index is 11.9. The van der Waals surface area contributed by atoms with Gasteiger partial charge in [0.1, 0.15) is 5.65 Å². The Bertz CT molecular complexity index is 1040. The smallest absolute Gasteiger partial charge is 0.227 e. The molecule has 1 saturated heterocycles. The summed E-state index contributed by atoms with van der Waals surface area (Å²) in [5.41, 5.74) is 5.17. The van der Waals surface area contributed by atoms with Crippen molar-refractivity contribution in [3.8, 4) is 0 Å². The van der Waals surface area contributed by atoms with Gasteiger partial charge in [0.05, 0.1) is 12.2 Å². The molecule has 1 aliphatic rings. The summed E-state index contributed by atoms with van der Waals surface area (Å²) in [4.78, 5) is 22.6. The van der Waals surface area contributed by atoms with Crippen molar-refractivity contribution in [3.63, 3.8) is 0 Å². The summed E-state index contributed by atoms with van der Waals surface area (Å²) >= 11 is 0. The summed E-state index contributed by atoms with van der Waals surface area (Å²) in [5, 5.41) is 6.63. The lowest BCUT2D eigenvalue weighted by Crippen LogP contribution is -2.36. The monoisotopic (exact) mass is 518 g/mol. The second-order valence-electron chi connectivity index (χ2n) is 7.22. The number of fused-ring (bicyclic) bond motifs is 1. The second-order valence-corrected chi connectivity index (χ2v) is 7.22. The van der Waals surface area contributed by atoms with E-state index >= 15 is 0 Å². The summed E-state index contributed by atoms with van der Waals surface area (Å²) in [5.74, 6) is 0.931. The predicted octanol–water partition coefficient (Wildman–Crippen LogP) is 3.25. The van der Waals surface area contributed by atoms with Gasteiger partial charge in [-0.05, 0) is 43.2 Å². The number of nitrogens with one attached hydrogen (secondary N) is 2. The van der Waals surface area contributed by atoms with E-state index in [0.717, 1.165) is 47.2 Å². The van der Waals surface area contributed by atoms with Gasteiger partial charge in [0, 0.05) is 44.1 Å². The molecule has 1 amide bonds. The standard InChI is InChI=1S/C22H26N6O.HI/c1-16-5-3-6-20-26-18(15-28(16)20)14-25-22(23-2)24-13-17-8-10-19(11-9-17)27-12-4-7-21(27)29;/h3,5-6,8-11,15H,4,7,12-14H2,1-2H3,(H2,23,24,25);1H. The van der Waals surface area contributed by atoms with Crippen LogP contribution in [0.1, 0.15) is 29.8 Å². The highest BCUT2D eigenvalue weighted by Gasteiger charge is 2.21. The van der Waals surface area contributed by atoms with Crippen LogP contribution in [0.4, 0.5) is 5.69 Å². The number of pyridine rings is 1. The minimum absolute atomic E-state index is 0. The lowest BCUT2D eigenvalue weighted by atomic mass is 10.2. The number of guanidine groups is 1. The Balaban J connectivity index is 0.00000256. The van der Waals surface area contributed by atoms with Crippen LogP contribution in [0.25, 0.3) is 5.65 Å². The largest absolute Gasteiger partial charge is 0.352 e. The molecule has 0 atom stereocenters. The van der Waals surface area contributed by atoms with Gasteiger partial charge in [-0.1, -0.05) is 18.2 Å². The van der Waals surface area contributed by atoms with Crippen molar-refractivity contribution in [1.29, 1.82) is 0 Å². The van der Waals surface area contributed by atoms with Crippen LogP contribution in [0.2, 0.25) is 0 Å². The molecule has 2 aromatic heterocycles. The van der Waals surface area contributed by atoms with E-state index in [4.69, 9.17) is 0 Å². The number of halogens is 1. The first-order valence-corrected chi connectivity index (χ1v) is 9.91. The number of imidazole rings is 1. The molecule has 3 heterocycles. The first-order chi connectivity index (χ1) is 14.1. The van der Waals surface area contributed by atoms with Crippen LogP contribution in [0.5, 0.6) is 0 Å². The van der Waals surface area contributed by atoms with Gasteiger partial charge in [-0.2, -0.15) is 0 Å². The highest BCUT2D eigenvalue weighted by molar-refractivity contribution is 14.0. The van der Waals surface area contributed by atoms with E-state index in [9.17, 15) is 4.79 Å². The van der Waals surface area contributed by atoms with E-state index in [1.165, 1.54) is 0 Å². The molecular formula is C22H27IN6O. The van der Waals surface area contributed by atoms with Gasteiger partial charge in [0.2, 0.25) is 5.91 Å². The summed E-state index contributed by atoms with van der Waals surface area (Å²) < 4.78 is 2.08. The highest BCUT2D eigenvalue weighted by Crippen LogP contribution is 2.21. The molecule has 0 saturated carbocycles. The average Bonchev–Trinajstić information content (AvgIpc) is 3.35. The summed E-state index contributed by atoms with van der Waals surface area (Å²) in [6, 6.07) is 14.2. The average molecular weight is 518 g/mol. The molecule has 158 valence electrons. The molecule has 0 radical (unpaired) electrons. The van der Waals surface area contributed by atoms with E-state index in [1.54, 1.807) is 7.05 Å². The first kappa shape index (κ1) is 22.1. The summed E-state index contributed by atoms with van der Waals surface area (Å²) in [7, 11) is 1.76. The molecule has 7 nitrogen and oxygen atoms in total. The van der Waals surface area contributed by atoms with Crippen LogP contribution >= 0.6 is 24.0 Å². The number of hydrogen-bond acceptors (Lipinski definition) is 3. The third-order valence-electron chi connectivity index (χ3n) is 5.19. The van der Waals surface area contributed by atoms with Crippen LogP contribution in [0.3, 0.4) is 0 Å². The predicted molar refractivity (Wildman–Crippen MR) is 130 cm³/mol. The molecule has 8 heteroatoms. The summed E-state index contributed by atoms with van der Waals surface area (Å²) in [6.07, 6.45) is 3.64. The fourth-order valence-electron chi connectivity index (χ4n) is 3.58. The van der Waals surface area contributed by atoms with Crippen molar-refractivity contribution in [2.24, 2.45) is 4.99 Å². The molecule has 1 fully saturated rings. The Hall–Kier alpha value is -2.62. The van der Waals surface area contributed by atoms with E-state index in [0.29, 0.717) is 19.5 Å². The molecule has 0 unspecified atom stereocenters. The third-order valence-corrected chi connectivity index (χ3v) is 5.19. The van der Waals surface area contributed by atoms with Crippen LogP contribution in [-0.4, -0.2) is 34.8 Å². The highest BCUT2D eigenvalue weighted by atomic mass is 127. The lowest BCUT2D eigenvalue weighted by Gasteiger charge is -2.16. The van der Waals surface area contributed by atoms with Gasteiger partial charge in [-0.15, -0.1) is 24.0 Å². The Morgan fingerprint density at radius 3 is 2.57 bits per heavy atom. The molecule has 1 aromatic carbocycles. The molecule has 2 N–H and O–H groups in total. The number of anilines is 1. The number of rotatable bonds is 5. The van der Waals surface area contributed by atoms with Gasteiger partial charge < -0.3 is 19.9 Å². The number of nitrogens with zero attached hydrogens (tertiary/aromatic N) is 4. The van der Waals surface area contributed by atoms with Crippen molar-refractivity contribution >= 4 is 47.2 Å². The summed E-state index contributed by atoms with van der Waals surface area (Å²) in [6.45, 7) is 4.13. The number of hydrogen-bond donors (Lipinski definition) is 2. The number of aromatic nitrogens is 2. The third kappa shape index (κ3) is 4.92. The number of benzene rings is 1. The Kier molecular flexibility index (Phi) is 7.30. The minimum Gasteiger partial charge on any atom is -0.352 e. The lowest BCUT2D eigenvalue weighted by molar-refractivity contribution is -0.117. The van der Waals surface area contributed by atoms with Gasteiger partial charge >= 0.3 is 0 Å². The van der Waals surface area contributed by atoms with Gasteiger partial charge in [0.25, 0.3) is 0 Å².